The van der Waals surface area contributed by atoms with E-state index in [1.807, 2.05) is 12.1 Å². The molecule has 0 amide bonds. The first-order valence-electron chi connectivity index (χ1n) is 7.64. The van der Waals surface area contributed by atoms with Crippen LogP contribution in [0.2, 0.25) is 5.02 Å². The zero-order chi connectivity index (χ0) is 15.7. The van der Waals surface area contributed by atoms with Crippen LogP contribution in [0.3, 0.4) is 0 Å². The average Bonchev–Trinajstić information content (AvgIpc) is 3.00. The van der Waals surface area contributed by atoms with Crippen LogP contribution in [0.15, 0.2) is 22.7 Å². The van der Waals surface area contributed by atoms with Crippen molar-refractivity contribution in [1.29, 1.82) is 0 Å². The third-order valence-electron chi connectivity index (χ3n) is 4.01. The summed E-state index contributed by atoms with van der Waals surface area (Å²) in [6, 6.07) is 6.67. The second kappa shape index (κ2) is 6.16. The Balaban J connectivity index is 1.68. The van der Waals surface area contributed by atoms with Crippen LogP contribution >= 0.6 is 11.6 Å². The van der Waals surface area contributed by atoms with Crippen molar-refractivity contribution in [2.75, 3.05) is 36.0 Å². The van der Waals surface area contributed by atoms with Crippen molar-refractivity contribution in [1.82, 2.24) is 10.1 Å². The van der Waals surface area contributed by atoms with Gasteiger partial charge >= 0.3 is 6.01 Å². The first kappa shape index (κ1) is 15.2. The van der Waals surface area contributed by atoms with Crippen LogP contribution in [0.5, 0.6) is 0 Å². The Morgan fingerprint density at radius 2 is 1.82 bits per heavy atom. The van der Waals surface area contributed by atoms with Crippen molar-refractivity contribution in [3.05, 3.63) is 34.6 Å². The van der Waals surface area contributed by atoms with Gasteiger partial charge in [-0.25, -0.2) is 0 Å². The van der Waals surface area contributed by atoms with Crippen molar-refractivity contribution in [3.8, 4) is 0 Å². The van der Waals surface area contributed by atoms with E-state index in [0.29, 0.717) is 6.01 Å². The van der Waals surface area contributed by atoms with Crippen LogP contribution in [-0.4, -0.2) is 36.3 Å². The normalized spacial score (nSPS) is 15.7. The molecule has 0 aliphatic carbocycles. The molecule has 1 fully saturated rings. The van der Waals surface area contributed by atoms with Crippen molar-refractivity contribution in [2.24, 2.45) is 0 Å². The Kier molecular flexibility index (Phi) is 4.25. The highest BCUT2D eigenvalue weighted by Crippen LogP contribution is 2.26. The van der Waals surface area contributed by atoms with Gasteiger partial charge in [0.1, 0.15) is 0 Å². The summed E-state index contributed by atoms with van der Waals surface area (Å²) >= 11 is 6.12. The number of hydrogen-bond donors (Lipinski definition) is 0. The summed E-state index contributed by atoms with van der Waals surface area (Å²) in [6.07, 6.45) is 0. The van der Waals surface area contributed by atoms with E-state index in [1.165, 1.54) is 11.3 Å². The molecule has 1 aromatic carbocycles. The summed E-state index contributed by atoms with van der Waals surface area (Å²) in [6.45, 7) is 9.81. The fraction of sp³-hybridized carbons (Fsp3) is 0.500. The Labute approximate surface area is 135 Å². The van der Waals surface area contributed by atoms with Crippen LogP contribution in [-0.2, 0) is 0 Å². The number of aromatic nitrogens is 2. The topological polar surface area (TPSA) is 45.4 Å². The lowest BCUT2D eigenvalue weighted by Crippen LogP contribution is -2.46. The molecule has 3 rings (SSSR count). The first-order valence-corrected chi connectivity index (χ1v) is 8.02. The second-order valence-corrected chi connectivity index (χ2v) is 6.43. The smallest absolute Gasteiger partial charge is 0.324 e. The van der Waals surface area contributed by atoms with Gasteiger partial charge in [-0.3, -0.25) is 0 Å². The van der Waals surface area contributed by atoms with E-state index < -0.39 is 0 Å². The molecule has 0 atom stereocenters. The summed E-state index contributed by atoms with van der Waals surface area (Å²) in [4.78, 5) is 8.98. The molecule has 1 aliphatic rings. The summed E-state index contributed by atoms with van der Waals surface area (Å²) in [5.41, 5.74) is 2.46. The van der Waals surface area contributed by atoms with Gasteiger partial charge in [0, 0.05) is 42.8 Å². The highest BCUT2D eigenvalue weighted by molar-refractivity contribution is 6.30. The van der Waals surface area contributed by atoms with Crippen LogP contribution in [0, 0.1) is 6.92 Å². The Hall–Kier alpha value is -1.75. The number of hydrogen-bond acceptors (Lipinski definition) is 5. The van der Waals surface area contributed by atoms with Crippen molar-refractivity contribution in [2.45, 2.75) is 26.7 Å². The predicted molar refractivity (Wildman–Crippen MR) is 89.0 cm³/mol. The number of piperazine rings is 1. The fourth-order valence-electron chi connectivity index (χ4n) is 2.65. The molecule has 6 heteroatoms. The van der Waals surface area contributed by atoms with E-state index in [-0.39, 0.29) is 5.92 Å². The minimum atomic E-state index is 0.285. The summed E-state index contributed by atoms with van der Waals surface area (Å²) in [5.74, 6) is 1.05. The Bertz CT molecular complexity index is 647. The molecule has 0 radical (unpaired) electrons. The molecule has 118 valence electrons. The lowest BCUT2D eigenvalue weighted by molar-refractivity contribution is 0.400. The summed E-state index contributed by atoms with van der Waals surface area (Å²) < 4.78 is 5.37. The molecule has 0 saturated carbocycles. The predicted octanol–water partition coefficient (Wildman–Crippen LogP) is 3.48. The van der Waals surface area contributed by atoms with Crippen LogP contribution in [0.1, 0.15) is 31.2 Å². The highest BCUT2D eigenvalue weighted by Gasteiger charge is 2.23. The van der Waals surface area contributed by atoms with Gasteiger partial charge < -0.3 is 14.3 Å². The number of nitrogens with zero attached hydrogens (tertiary/aromatic N) is 4. The Morgan fingerprint density at radius 1 is 1.14 bits per heavy atom. The van der Waals surface area contributed by atoms with Crippen LogP contribution in [0.4, 0.5) is 11.7 Å². The maximum atomic E-state index is 6.12. The fourth-order valence-corrected chi connectivity index (χ4v) is 2.82. The molecule has 22 heavy (non-hydrogen) atoms. The second-order valence-electron chi connectivity index (χ2n) is 5.99. The van der Waals surface area contributed by atoms with E-state index in [0.717, 1.165) is 37.0 Å². The van der Waals surface area contributed by atoms with E-state index in [9.17, 15) is 0 Å². The van der Waals surface area contributed by atoms with Gasteiger partial charge in [-0.2, -0.15) is 4.98 Å². The van der Waals surface area contributed by atoms with E-state index in [2.05, 4.69) is 46.8 Å². The number of rotatable bonds is 3. The van der Waals surface area contributed by atoms with Gasteiger partial charge in [-0.15, -0.1) is 0 Å². The average molecular weight is 321 g/mol. The minimum Gasteiger partial charge on any atom is -0.368 e. The molecule has 1 saturated heterocycles. The maximum absolute atomic E-state index is 6.12. The SMILES string of the molecule is Cc1ccc(Cl)cc1N1CCN(c2nc(C(C)C)no2)CC1. The van der Waals surface area contributed by atoms with Gasteiger partial charge in [0.15, 0.2) is 5.82 Å². The molecule has 1 aromatic heterocycles. The van der Waals surface area contributed by atoms with Crippen molar-refractivity contribution < 1.29 is 4.52 Å². The van der Waals surface area contributed by atoms with Crippen LogP contribution in [0.25, 0.3) is 0 Å². The number of halogens is 1. The molecule has 0 N–H and O–H groups in total. The molecule has 0 spiro atoms. The van der Waals surface area contributed by atoms with Gasteiger partial charge in [0.05, 0.1) is 0 Å². The summed E-state index contributed by atoms with van der Waals surface area (Å²) in [5, 5.41) is 4.81. The maximum Gasteiger partial charge on any atom is 0.324 e. The quantitative estimate of drug-likeness (QED) is 0.866. The molecule has 2 heterocycles. The summed E-state index contributed by atoms with van der Waals surface area (Å²) in [7, 11) is 0. The standard InChI is InChI=1S/C16H21ClN4O/c1-11(2)15-18-16(22-19-15)21-8-6-20(7-9-21)14-10-13(17)5-4-12(14)3/h4-5,10-11H,6-9H2,1-3H3. The first-order chi connectivity index (χ1) is 10.5. The minimum absolute atomic E-state index is 0.285. The number of benzene rings is 1. The third kappa shape index (κ3) is 3.04. The van der Waals surface area contributed by atoms with Crippen molar-refractivity contribution in [3.63, 3.8) is 0 Å². The molecule has 0 unspecified atom stereocenters. The molecule has 1 aliphatic heterocycles. The third-order valence-corrected chi connectivity index (χ3v) is 4.24. The highest BCUT2D eigenvalue weighted by atomic mass is 35.5. The largest absolute Gasteiger partial charge is 0.368 e. The number of anilines is 2. The van der Waals surface area contributed by atoms with E-state index in [1.54, 1.807) is 0 Å². The molecular weight excluding hydrogens is 300 g/mol. The lowest BCUT2D eigenvalue weighted by atomic mass is 10.1. The molecule has 5 nitrogen and oxygen atoms in total. The van der Waals surface area contributed by atoms with Crippen LogP contribution < -0.4 is 9.80 Å². The monoisotopic (exact) mass is 320 g/mol. The van der Waals surface area contributed by atoms with Gasteiger partial charge in [-0.05, 0) is 24.6 Å². The lowest BCUT2D eigenvalue weighted by Gasteiger charge is -2.35. The Morgan fingerprint density at radius 3 is 2.45 bits per heavy atom. The van der Waals surface area contributed by atoms with E-state index in [4.69, 9.17) is 16.1 Å². The van der Waals surface area contributed by atoms with Gasteiger partial charge in [-0.1, -0.05) is 36.7 Å². The zero-order valence-electron chi connectivity index (χ0n) is 13.2. The molecule has 2 aromatic rings. The molecular formula is C16H21ClN4O. The zero-order valence-corrected chi connectivity index (χ0v) is 14.0. The van der Waals surface area contributed by atoms with Crippen molar-refractivity contribution >= 4 is 23.3 Å². The van der Waals surface area contributed by atoms with Gasteiger partial charge in [0.25, 0.3) is 0 Å². The van der Waals surface area contributed by atoms with Gasteiger partial charge in [0.2, 0.25) is 0 Å². The van der Waals surface area contributed by atoms with E-state index >= 15 is 0 Å². The molecule has 0 bridgehead atoms. The number of aryl methyl sites for hydroxylation is 1.